The van der Waals surface area contributed by atoms with Gasteiger partial charge < -0.3 is 33.8 Å². The molecular weight excluding hydrogens is 1150 g/mol. The molecule has 87 heavy (non-hydrogen) atoms. The van der Waals surface area contributed by atoms with E-state index in [1.165, 1.54) is 128 Å². The fourth-order valence-electron chi connectivity index (χ4n) is 10.1. The molecule has 0 fully saturated rings. The Morgan fingerprint density at radius 1 is 0.322 bits per heavy atom. The number of hydrogen-bond donors (Lipinski definition) is 3. The van der Waals surface area contributed by atoms with Gasteiger partial charge in [-0.3, -0.25) is 37.3 Å². The van der Waals surface area contributed by atoms with Crippen molar-refractivity contribution in [1.82, 2.24) is 0 Å². The Hall–Kier alpha value is -1.94. The van der Waals surface area contributed by atoms with Crippen molar-refractivity contribution >= 4 is 39.5 Å². The lowest BCUT2D eigenvalue weighted by molar-refractivity contribution is -0.161. The number of ether oxygens (including phenoxy) is 4. The van der Waals surface area contributed by atoms with Gasteiger partial charge in [-0.15, -0.1) is 0 Å². The molecule has 0 aromatic heterocycles. The zero-order chi connectivity index (χ0) is 64.7. The highest BCUT2D eigenvalue weighted by Gasteiger charge is 2.30. The van der Waals surface area contributed by atoms with Gasteiger partial charge in [-0.05, 0) is 49.4 Å². The Morgan fingerprint density at radius 3 is 0.816 bits per heavy atom. The first-order valence-electron chi connectivity index (χ1n) is 35.2. The molecule has 0 aromatic rings. The normalized spacial score (nSPS) is 14.6. The Balaban J connectivity index is 5.23. The number of carbonyl (C=O) groups is 4. The van der Waals surface area contributed by atoms with Crippen LogP contribution in [0.2, 0.25) is 0 Å². The smallest absolute Gasteiger partial charge is 0.462 e. The average Bonchev–Trinajstić information content (AvgIpc) is 3.53. The summed E-state index contributed by atoms with van der Waals surface area (Å²) in [4.78, 5) is 72.4. The van der Waals surface area contributed by atoms with Crippen molar-refractivity contribution in [2.24, 2.45) is 23.7 Å². The minimum Gasteiger partial charge on any atom is -0.462 e. The van der Waals surface area contributed by atoms with E-state index in [0.717, 1.165) is 108 Å². The molecule has 0 radical (unpaired) electrons. The molecule has 0 aliphatic heterocycles. The molecule has 0 aromatic carbocycles. The highest BCUT2D eigenvalue weighted by molar-refractivity contribution is 7.47. The number of unbranched alkanes of at least 4 members (excludes halogenated alkanes) is 30. The van der Waals surface area contributed by atoms with E-state index in [-0.39, 0.29) is 25.7 Å². The van der Waals surface area contributed by atoms with Crippen LogP contribution in [0, 0.1) is 23.7 Å². The largest absolute Gasteiger partial charge is 0.472 e. The molecule has 0 saturated heterocycles. The van der Waals surface area contributed by atoms with Gasteiger partial charge in [0.1, 0.15) is 19.3 Å². The van der Waals surface area contributed by atoms with E-state index in [4.69, 9.17) is 37.0 Å². The quantitative estimate of drug-likeness (QED) is 0.0222. The van der Waals surface area contributed by atoms with Gasteiger partial charge in [0.15, 0.2) is 12.2 Å². The fraction of sp³-hybridized carbons (Fsp3) is 0.941. The molecule has 0 saturated carbocycles. The monoisotopic (exact) mass is 1280 g/mol. The van der Waals surface area contributed by atoms with Crippen LogP contribution in [-0.2, 0) is 65.4 Å². The summed E-state index contributed by atoms with van der Waals surface area (Å²) in [6.07, 6.45) is 39.2. The zero-order valence-corrected chi connectivity index (χ0v) is 58.4. The van der Waals surface area contributed by atoms with Crippen LogP contribution in [0.5, 0.6) is 0 Å². The molecule has 0 rings (SSSR count). The van der Waals surface area contributed by atoms with Crippen LogP contribution in [0.4, 0.5) is 0 Å². The first-order chi connectivity index (χ1) is 41.6. The van der Waals surface area contributed by atoms with Crippen LogP contribution in [0.1, 0.15) is 331 Å². The number of carbonyl (C=O) groups excluding carboxylic acids is 4. The van der Waals surface area contributed by atoms with Crippen LogP contribution >= 0.6 is 15.6 Å². The van der Waals surface area contributed by atoms with E-state index in [0.29, 0.717) is 37.5 Å². The van der Waals surface area contributed by atoms with Crippen molar-refractivity contribution in [3.8, 4) is 0 Å². The lowest BCUT2D eigenvalue weighted by Crippen LogP contribution is -2.30. The van der Waals surface area contributed by atoms with E-state index in [1.807, 2.05) is 0 Å². The van der Waals surface area contributed by atoms with Gasteiger partial charge >= 0.3 is 39.5 Å². The minimum atomic E-state index is -4.95. The first-order valence-corrected chi connectivity index (χ1v) is 38.2. The second-order valence-corrected chi connectivity index (χ2v) is 29.1. The minimum absolute atomic E-state index is 0.102. The van der Waals surface area contributed by atoms with Crippen molar-refractivity contribution in [3.05, 3.63) is 0 Å². The number of aliphatic hydroxyl groups excluding tert-OH is 1. The molecule has 0 heterocycles. The summed E-state index contributed by atoms with van der Waals surface area (Å²) in [6.45, 7) is 14.0. The molecule has 0 amide bonds. The van der Waals surface area contributed by atoms with Gasteiger partial charge in [0.2, 0.25) is 0 Å². The summed E-state index contributed by atoms with van der Waals surface area (Å²) in [5.41, 5.74) is 0. The molecule has 0 aliphatic rings. The number of rotatable bonds is 65. The molecule has 0 spiro atoms. The van der Waals surface area contributed by atoms with Gasteiger partial charge in [0.05, 0.1) is 26.4 Å². The summed E-state index contributed by atoms with van der Waals surface area (Å²) in [6, 6.07) is 0. The molecule has 0 aliphatic carbocycles. The molecule has 3 unspecified atom stereocenters. The lowest BCUT2D eigenvalue weighted by atomic mass is 9.99. The second-order valence-electron chi connectivity index (χ2n) is 26.2. The van der Waals surface area contributed by atoms with Crippen molar-refractivity contribution in [2.45, 2.75) is 350 Å². The average molecular weight is 1280 g/mol. The summed E-state index contributed by atoms with van der Waals surface area (Å²) >= 11 is 0. The first kappa shape index (κ1) is 85.1. The van der Waals surface area contributed by atoms with Crippen molar-refractivity contribution in [2.75, 3.05) is 39.6 Å². The third kappa shape index (κ3) is 61.3. The van der Waals surface area contributed by atoms with Gasteiger partial charge in [-0.2, -0.15) is 0 Å². The Bertz CT molecular complexity index is 1730. The van der Waals surface area contributed by atoms with Crippen LogP contribution in [-0.4, -0.2) is 96.7 Å². The highest BCUT2D eigenvalue weighted by atomic mass is 31.2. The van der Waals surface area contributed by atoms with E-state index in [2.05, 4.69) is 55.4 Å². The summed E-state index contributed by atoms with van der Waals surface area (Å²) in [5.74, 6) is 0.799. The standard InChI is InChI=1S/C68H132O17P2/c1-9-61(8)47-39-31-22-17-18-24-34-42-50-67(72)84-63(54-78-65(70)48-40-32-23-16-14-12-10-11-13-15-20-28-36-44-58(2)3)56-82-86(74,75)80-52-62(69)53-81-87(76,77)83-57-64(55-79-66(71)49-41-33-27-26-30-38-46-60(6)7)85-68(73)51-43-35-25-19-21-29-37-45-59(4)5/h58-64,69H,9-57H2,1-8H3,(H,74,75)(H,76,77)/t61?,62-,63-,64-/m1/s1. The van der Waals surface area contributed by atoms with Crippen LogP contribution in [0.15, 0.2) is 0 Å². The number of phosphoric acid groups is 2. The van der Waals surface area contributed by atoms with Gasteiger partial charge in [-0.1, -0.05) is 280 Å². The molecular formula is C68H132O17P2. The number of esters is 4. The summed E-state index contributed by atoms with van der Waals surface area (Å²) in [5, 5.41) is 10.6. The maximum atomic E-state index is 13.0. The maximum absolute atomic E-state index is 13.0. The zero-order valence-electron chi connectivity index (χ0n) is 56.6. The molecule has 6 atom stereocenters. The van der Waals surface area contributed by atoms with Crippen molar-refractivity contribution in [1.29, 1.82) is 0 Å². The number of hydrogen-bond acceptors (Lipinski definition) is 15. The highest BCUT2D eigenvalue weighted by Crippen LogP contribution is 2.45. The second kappa shape index (κ2) is 57.9. The maximum Gasteiger partial charge on any atom is 0.472 e. The Morgan fingerprint density at radius 2 is 0.552 bits per heavy atom. The predicted molar refractivity (Wildman–Crippen MR) is 349 cm³/mol. The molecule has 17 nitrogen and oxygen atoms in total. The Labute approximate surface area is 530 Å². The molecule has 19 heteroatoms. The fourth-order valence-corrected chi connectivity index (χ4v) is 11.7. The number of phosphoric ester groups is 2. The summed E-state index contributed by atoms with van der Waals surface area (Å²) in [7, 11) is -9.90. The molecule has 0 bridgehead atoms. The van der Waals surface area contributed by atoms with Crippen molar-refractivity contribution in [3.63, 3.8) is 0 Å². The van der Waals surface area contributed by atoms with Gasteiger partial charge in [0.25, 0.3) is 0 Å². The van der Waals surface area contributed by atoms with E-state index in [1.54, 1.807) is 0 Å². The van der Waals surface area contributed by atoms with E-state index >= 15 is 0 Å². The third-order valence-corrected chi connectivity index (χ3v) is 17.8. The summed E-state index contributed by atoms with van der Waals surface area (Å²) < 4.78 is 68.1. The lowest BCUT2D eigenvalue weighted by Gasteiger charge is -2.21. The topological polar surface area (TPSA) is 237 Å². The van der Waals surface area contributed by atoms with Crippen LogP contribution < -0.4 is 0 Å². The van der Waals surface area contributed by atoms with Gasteiger partial charge in [-0.25, -0.2) is 9.13 Å². The predicted octanol–water partition coefficient (Wildman–Crippen LogP) is 18.9. The van der Waals surface area contributed by atoms with Crippen molar-refractivity contribution < 1.29 is 80.2 Å². The number of aliphatic hydroxyl groups is 1. The Kier molecular flexibility index (Phi) is 56.6. The molecule has 516 valence electrons. The van der Waals surface area contributed by atoms with Crippen LogP contribution in [0.3, 0.4) is 0 Å². The van der Waals surface area contributed by atoms with E-state index < -0.39 is 97.5 Å². The van der Waals surface area contributed by atoms with E-state index in [9.17, 15) is 43.2 Å². The van der Waals surface area contributed by atoms with Crippen LogP contribution in [0.25, 0.3) is 0 Å². The molecule has 3 N–H and O–H groups in total. The third-order valence-electron chi connectivity index (χ3n) is 15.9. The SMILES string of the molecule is CCC(C)CCCCCCCCCCC(=O)O[C@H](COC(=O)CCCCCCCCCCCCCCCC(C)C)COP(=O)(O)OC[C@@H](O)COP(=O)(O)OC[C@@H](COC(=O)CCCCCCCCC(C)C)OC(=O)CCCCCCCCCC(C)C. The van der Waals surface area contributed by atoms with Gasteiger partial charge in [0, 0.05) is 25.7 Å².